The van der Waals surface area contributed by atoms with Crippen LogP contribution in [0.15, 0.2) is 46.9 Å². The first-order valence-electron chi connectivity index (χ1n) is 7.03. The third kappa shape index (κ3) is 2.65. The van der Waals surface area contributed by atoms with Gasteiger partial charge in [0, 0.05) is 17.5 Å². The Labute approximate surface area is 124 Å². The number of fused-ring (bicyclic) bond motifs is 1. The van der Waals surface area contributed by atoms with Gasteiger partial charge in [0.15, 0.2) is 0 Å². The van der Waals surface area contributed by atoms with Crippen LogP contribution >= 0.6 is 0 Å². The maximum atomic E-state index is 6.00. The maximum absolute atomic E-state index is 6.00. The SMILES string of the molecule is CNCc1cc(OC)ccc1-c1cc2cc(C)ccc2o1. The normalized spacial score (nSPS) is 11.0. The molecule has 1 N–H and O–H groups in total. The van der Waals surface area contributed by atoms with Crippen LogP contribution in [0.2, 0.25) is 0 Å². The molecule has 3 nitrogen and oxygen atoms in total. The zero-order valence-corrected chi connectivity index (χ0v) is 12.6. The van der Waals surface area contributed by atoms with E-state index in [1.807, 2.05) is 25.2 Å². The summed E-state index contributed by atoms with van der Waals surface area (Å²) in [6, 6.07) is 14.4. The Balaban J connectivity index is 2.12. The van der Waals surface area contributed by atoms with Gasteiger partial charge in [-0.3, -0.25) is 0 Å². The minimum atomic E-state index is 0.766. The van der Waals surface area contributed by atoms with Gasteiger partial charge in [-0.1, -0.05) is 11.6 Å². The highest BCUT2D eigenvalue weighted by molar-refractivity contribution is 5.84. The minimum Gasteiger partial charge on any atom is -0.497 e. The summed E-state index contributed by atoms with van der Waals surface area (Å²) in [5.74, 6) is 1.75. The molecule has 0 spiro atoms. The topological polar surface area (TPSA) is 34.4 Å². The molecule has 0 fully saturated rings. The average Bonchev–Trinajstić information content (AvgIpc) is 2.90. The van der Waals surface area contributed by atoms with E-state index in [9.17, 15) is 0 Å². The van der Waals surface area contributed by atoms with E-state index in [-0.39, 0.29) is 0 Å². The van der Waals surface area contributed by atoms with E-state index in [0.717, 1.165) is 40.2 Å². The first-order chi connectivity index (χ1) is 10.2. The van der Waals surface area contributed by atoms with Crippen LogP contribution in [0.5, 0.6) is 5.75 Å². The Bertz CT molecular complexity index is 774. The molecule has 0 amide bonds. The fraction of sp³-hybridized carbons (Fsp3) is 0.222. The van der Waals surface area contributed by atoms with Gasteiger partial charge in [-0.15, -0.1) is 0 Å². The highest BCUT2D eigenvalue weighted by Crippen LogP contribution is 2.32. The van der Waals surface area contributed by atoms with Crippen LogP contribution in [0.3, 0.4) is 0 Å². The van der Waals surface area contributed by atoms with Gasteiger partial charge in [0.2, 0.25) is 0 Å². The van der Waals surface area contributed by atoms with Crippen LogP contribution in [0.1, 0.15) is 11.1 Å². The van der Waals surface area contributed by atoms with Crippen LogP contribution < -0.4 is 10.1 Å². The summed E-state index contributed by atoms with van der Waals surface area (Å²) in [5, 5.41) is 4.33. The third-order valence-corrected chi connectivity index (χ3v) is 3.62. The number of nitrogens with one attached hydrogen (secondary N) is 1. The molecule has 3 heteroatoms. The molecule has 0 saturated heterocycles. The molecular weight excluding hydrogens is 262 g/mol. The van der Waals surface area contributed by atoms with E-state index < -0.39 is 0 Å². The van der Waals surface area contributed by atoms with Gasteiger partial charge in [-0.25, -0.2) is 0 Å². The van der Waals surface area contributed by atoms with Crippen molar-refractivity contribution in [2.45, 2.75) is 13.5 Å². The van der Waals surface area contributed by atoms with Gasteiger partial charge in [0.05, 0.1) is 7.11 Å². The highest BCUT2D eigenvalue weighted by atomic mass is 16.5. The number of ether oxygens (including phenoxy) is 1. The lowest BCUT2D eigenvalue weighted by atomic mass is 10.0. The molecular formula is C18H19NO2. The zero-order valence-electron chi connectivity index (χ0n) is 12.6. The summed E-state index contributed by atoms with van der Waals surface area (Å²) in [4.78, 5) is 0. The molecule has 0 atom stereocenters. The Hall–Kier alpha value is -2.26. The lowest BCUT2D eigenvalue weighted by molar-refractivity contribution is 0.414. The van der Waals surface area contributed by atoms with Crippen molar-refractivity contribution in [1.29, 1.82) is 0 Å². The van der Waals surface area contributed by atoms with Gasteiger partial charge >= 0.3 is 0 Å². The number of aryl methyl sites for hydroxylation is 1. The molecule has 0 radical (unpaired) electrons. The number of methoxy groups -OCH3 is 1. The van der Waals surface area contributed by atoms with Crippen molar-refractivity contribution in [2.75, 3.05) is 14.2 Å². The fourth-order valence-electron chi connectivity index (χ4n) is 2.57. The van der Waals surface area contributed by atoms with Gasteiger partial charge < -0.3 is 14.5 Å². The van der Waals surface area contributed by atoms with E-state index in [4.69, 9.17) is 9.15 Å². The van der Waals surface area contributed by atoms with Crippen LogP contribution in [0, 0.1) is 6.92 Å². The summed E-state index contributed by atoms with van der Waals surface area (Å²) in [7, 11) is 3.62. The second-order valence-corrected chi connectivity index (χ2v) is 5.21. The number of hydrogen-bond acceptors (Lipinski definition) is 3. The van der Waals surface area contributed by atoms with Crippen molar-refractivity contribution in [3.63, 3.8) is 0 Å². The second-order valence-electron chi connectivity index (χ2n) is 5.21. The van der Waals surface area contributed by atoms with E-state index in [2.05, 4.69) is 36.5 Å². The molecule has 108 valence electrons. The van der Waals surface area contributed by atoms with Gasteiger partial charge in [-0.05, 0) is 55.9 Å². The quantitative estimate of drug-likeness (QED) is 0.780. The lowest BCUT2D eigenvalue weighted by Gasteiger charge is -2.09. The van der Waals surface area contributed by atoms with Crippen molar-refractivity contribution < 1.29 is 9.15 Å². The molecule has 21 heavy (non-hydrogen) atoms. The molecule has 0 aliphatic carbocycles. The van der Waals surface area contributed by atoms with Gasteiger partial charge in [0.1, 0.15) is 17.1 Å². The Kier molecular flexibility index (Phi) is 3.67. The van der Waals surface area contributed by atoms with Crippen LogP contribution in [0.4, 0.5) is 0 Å². The zero-order chi connectivity index (χ0) is 14.8. The van der Waals surface area contributed by atoms with Crippen LogP contribution in [-0.4, -0.2) is 14.2 Å². The van der Waals surface area contributed by atoms with E-state index in [1.54, 1.807) is 7.11 Å². The Morgan fingerprint density at radius 3 is 2.71 bits per heavy atom. The monoisotopic (exact) mass is 281 g/mol. The summed E-state index contributed by atoms with van der Waals surface area (Å²) < 4.78 is 11.3. The molecule has 3 rings (SSSR count). The molecule has 2 aromatic carbocycles. The minimum absolute atomic E-state index is 0.766. The molecule has 0 unspecified atom stereocenters. The van der Waals surface area contributed by atoms with Crippen molar-refractivity contribution in [2.24, 2.45) is 0 Å². The number of furan rings is 1. The van der Waals surface area contributed by atoms with Crippen molar-refractivity contribution in [1.82, 2.24) is 5.32 Å². The maximum Gasteiger partial charge on any atom is 0.135 e. The lowest BCUT2D eigenvalue weighted by Crippen LogP contribution is -2.06. The molecule has 3 aromatic rings. The smallest absolute Gasteiger partial charge is 0.135 e. The van der Waals surface area contributed by atoms with E-state index in [1.165, 1.54) is 5.56 Å². The highest BCUT2D eigenvalue weighted by Gasteiger charge is 2.11. The van der Waals surface area contributed by atoms with Gasteiger partial charge in [-0.2, -0.15) is 0 Å². The third-order valence-electron chi connectivity index (χ3n) is 3.62. The number of benzene rings is 2. The predicted molar refractivity (Wildman–Crippen MR) is 85.7 cm³/mol. The van der Waals surface area contributed by atoms with Crippen molar-refractivity contribution >= 4 is 11.0 Å². The molecule has 0 bridgehead atoms. The predicted octanol–water partition coefficient (Wildman–Crippen LogP) is 4.14. The summed E-state index contributed by atoms with van der Waals surface area (Å²) in [6.45, 7) is 2.86. The molecule has 1 heterocycles. The largest absolute Gasteiger partial charge is 0.497 e. The number of rotatable bonds is 4. The first-order valence-corrected chi connectivity index (χ1v) is 7.03. The van der Waals surface area contributed by atoms with Crippen LogP contribution in [-0.2, 0) is 6.54 Å². The van der Waals surface area contributed by atoms with E-state index in [0.29, 0.717) is 0 Å². The average molecular weight is 281 g/mol. The summed E-state index contributed by atoms with van der Waals surface area (Å²) in [5.41, 5.74) is 4.41. The number of hydrogen-bond donors (Lipinski definition) is 1. The molecule has 0 aliphatic rings. The van der Waals surface area contributed by atoms with Crippen molar-refractivity contribution in [3.8, 4) is 17.1 Å². The van der Waals surface area contributed by atoms with Gasteiger partial charge in [0.25, 0.3) is 0 Å². The molecule has 0 aliphatic heterocycles. The fourth-order valence-corrected chi connectivity index (χ4v) is 2.57. The second kappa shape index (κ2) is 5.62. The molecule has 1 aromatic heterocycles. The molecule has 0 saturated carbocycles. The Morgan fingerprint density at radius 1 is 1.10 bits per heavy atom. The van der Waals surface area contributed by atoms with Crippen LogP contribution in [0.25, 0.3) is 22.3 Å². The Morgan fingerprint density at radius 2 is 1.95 bits per heavy atom. The summed E-state index contributed by atoms with van der Waals surface area (Å²) >= 11 is 0. The van der Waals surface area contributed by atoms with Crippen molar-refractivity contribution in [3.05, 3.63) is 53.6 Å². The van der Waals surface area contributed by atoms with E-state index >= 15 is 0 Å². The standard InChI is InChI=1S/C18H19NO2/c1-12-4-7-17-13(8-12)10-18(21-17)16-6-5-15(20-3)9-14(16)11-19-2/h4-10,19H,11H2,1-3H3. The summed E-state index contributed by atoms with van der Waals surface area (Å²) in [6.07, 6.45) is 0. The first kappa shape index (κ1) is 13.7.